The molecule has 1 fully saturated rings. The van der Waals surface area contributed by atoms with Crippen LogP contribution in [0.25, 0.3) is 0 Å². The molecule has 1 N–H and O–H groups in total. The fraction of sp³-hybridized carbons (Fsp3) is 0.650. The molecule has 1 aromatic carbocycles. The molecular formula is C20H33NO4. The average Bonchev–Trinajstić information content (AvgIpc) is 3.38. The van der Waals surface area contributed by atoms with E-state index in [1.165, 1.54) is 25.3 Å². The molecule has 0 bridgehead atoms. The summed E-state index contributed by atoms with van der Waals surface area (Å²) in [6.45, 7) is 7.42. The number of rotatable bonds is 14. The minimum Gasteiger partial charge on any atom is -0.494 e. The number of carbonyl (C=O) groups is 1. The summed E-state index contributed by atoms with van der Waals surface area (Å²) in [5.74, 6) is 0.966. The van der Waals surface area contributed by atoms with Crippen LogP contribution < -0.4 is 10.1 Å². The molecule has 1 saturated carbocycles. The number of ketones is 1. The highest BCUT2D eigenvalue weighted by atomic mass is 16.5. The third kappa shape index (κ3) is 7.14. The maximum absolute atomic E-state index is 10.7. The molecule has 142 valence electrons. The molecule has 1 aliphatic carbocycles. The Bertz CT molecular complexity index is 517. The summed E-state index contributed by atoms with van der Waals surface area (Å²) in [4.78, 5) is 10.7. The molecule has 0 spiro atoms. The van der Waals surface area contributed by atoms with E-state index in [0.717, 1.165) is 25.1 Å². The lowest BCUT2D eigenvalue weighted by atomic mass is 10.0. The predicted molar refractivity (Wildman–Crippen MR) is 100 cm³/mol. The summed E-state index contributed by atoms with van der Waals surface area (Å²) in [6, 6.07) is 8.45. The first-order valence-electron chi connectivity index (χ1n) is 9.29. The van der Waals surface area contributed by atoms with Crippen LogP contribution in [0.5, 0.6) is 5.75 Å². The van der Waals surface area contributed by atoms with Crippen LogP contribution in [-0.4, -0.2) is 45.4 Å². The molecule has 0 aliphatic heterocycles. The summed E-state index contributed by atoms with van der Waals surface area (Å²) < 4.78 is 16.5. The molecule has 0 unspecified atom stereocenters. The molecule has 0 radical (unpaired) electrons. The zero-order valence-electron chi connectivity index (χ0n) is 15.5. The molecule has 2 rings (SSSR count). The topological polar surface area (TPSA) is 56.8 Å². The van der Waals surface area contributed by atoms with Crippen LogP contribution in [0.1, 0.15) is 46.5 Å². The van der Waals surface area contributed by atoms with Crippen molar-refractivity contribution in [1.29, 1.82) is 0 Å². The van der Waals surface area contributed by atoms with Crippen molar-refractivity contribution in [2.75, 3.05) is 39.6 Å². The van der Waals surface area contributed by atoms with Crippen LogP contribution in [0.15, 0.2) is 24.3 Å². The number of hydrogen-bond acceptors (Lipinski definition) is 5. The van der Waals surface area contributed by atoms with Crippen molar-refractivity contribution in [3.8, 4) is 5.75 Å². The average molecular weight is 351 g/mol. The number of carbonyl (C=O) groups excluding carboxylic acids is 1. The van der Waals surface area contributed by atoms with Crippen LogP contribution in [-0.2, 0) is 19.8 Å². The lowest BCUT2D eigenvalue weighted by molar-refractivity contribution is -0.121. The van der Waals surface area contributed by atoms with Gasteiger partial charge in [-0.3, -0.25) is 4.79 Å². The molecule has 1 aromatic rings. The Morgan fingerprint density at radius 1 is 1.08 bits per heavy atom. The van der Waals surface area contributed by atoms with Crippen LogP contribution in [0.2, 0.25) is 0 Å². The predicted octanol–water partition coefficient (Wildman–Crippen LogP) is 3.31. The smallest absolute Gasteiger partial charge is 0.155 e. The number of Topliss-reactive ketones (excluding diaryl/α,β-unsaturated/α-hetero) is 1. The van der Waals surface area contributed by atoms with E-state index in [-0.39, 0.29) is 19.4 Å². The van der Waals surface area contributed by atoms with Gasteiger partial charge in [-0.25, -0.2) is 0 Å². The van der Waals surface area contributed by atoms with Gasteiger partial charge in [0.15, 0.2) is 5.78 Å². The van der Waals surface area contributed by atoms with Crippen molar-refractivity contribution in [1.82, 2.24) is 5.32 Å². The number of benzene rings is 1. The highest BCUT2D eigenvalue weighted by molar-refractivity contribution is 5.76. The van der Waals surface area contributed by atoms with Gasteiger partial charge in [0.25, 0.3) is 0 Å². The summed E-state index contributed by atoms with van der Waals surface area (Å²) in [5.41, 5.74) is 1.58. The summed E-state index contributed by atoms with van der Waals surface area (Å²) >= 11 is 0. The molecule has 0 aromatic heterocycles. The minimum atomic E-state index is 0. The monoisotopic (exact) mass is 351 g/mol. The van der Waals surface area contributed by atoms with Gasteiger partial charge < -0.3 is 19.5 Å². The van der Waals surface area contributed by atoms with Crippen LogP contribution in [0, 0.1) is 0 Å². The molecule has 0 saturated heterocycles. The van der Waals surface area contributed by atoms with E-state index in [9.17, 15) is 4.79 Å². The first-order valence-corrected chi connectivity index (χ1v) is 9.29. The van der Waals surface area contributed by atoms with Crippen LogP contribution in [0.4, 0.5) is 0 Å². The van der Waals surface area contributed by atoms with Gasteiger partial charge >= 0.3 is 0 Å². The number of nitrogens with one attached hydrogen (secondary N) is 1. The normalized spacial score (nSPS) is 15.1. The third-order valence-electron chi connectivity index (χ3n) is 4.26. The highest BCUT2D eigenvalue weighted by Gasteiger charge is 2.43. The molecule has 0 heterocycles. The zero-order valence-corrected chi connectivity index (χ0v) is 15.5. The van der Waals surface area contributed by atoms with Crippen molar-refractivity contribution in [2.24, 2.45) is 0 Å². The zero-order chi connectivity index (χ0) is 18.0. The third-order valence-corrected chi connectivity index (χ3v) is 4.26. The quantitative estimate of drug-likeness (QED) is 0.521. The lowest BCUT2D eigenvalue weighted by Gasteiger charge is -2.17. The van der Waals surface area contributed by atoms with Gasteiger partial charge in [-0.15, -0.1) is 0 Å². The summed E-state index contributed by atoms with van der Waals surface area (Å²) in [5, 5.41) is 3.58. The minimum absolute atomic E-state index is 0. The SMILES string of the molecule is CCNC1(c2ccc(OCCCOCCCOCC(C)=O)cc2)CC1.[HH]. The van der Waals surface area contributed by atoms with E-state index >= 15 is 0 Å². The Balaban J connectivity index is 0.00000338. The van der Waals surface area contributed by atoms with Gasteiger partial charge in [0.05, 0.1) is 6.61 Å². The van der Waals surface area contributed by atoms with Gasteiger partial charge in [-0.1, -0.05) is 19.1 Å². The van der Waals surface area contributed by atoms with E-state index in [4.69, 9.17) is 14.2 Å². The summed E-state index contributed by atoms with van der Waals surface area (Å²) in [6.07, 6.45) is 4.11. The van der Waals surface area contributed by atoms with Crippen LogP contribution >= 0.6 is 0 Å². The Labute approximate surface area is 152 Å². The number of hydrogen-bond donors (Lipinski definition) is 1. The maximum atomic E-state index is 10.7. The Hall–Kier alpha value is -1.43. The second kappa shape index (κ2) is 10.5. The number of ether oxygens (including phenoxy) is 3. The Morgan fingerprint density at radius 3 is 2.32 bits per heavy atom. The summed E-state index contributed by atoms with van der Waals surface area (Å²) in [7, 11) is 0. The van der Waals surface area contributed by atoms with E-state index in [2.05, 4.69) is 36.5 Å². The maximum Gasteiger partial charge on any atom is 0.155 e. The van der Waals surface area contributed by atoms with Gasteiger partial charge in [0.1, 0.15) is 12.4 Å². The molecule has 0 amide bonds. The van der Waals surface area contributed by atoms with Crippen molar-refractivity contribution < 1.29 is 20.4 Å². The van der Waals surface area contributed by atoms with E-state index in [0.29, 0.717) is 26.4 Å². The van der Waals surface area contributed by atoms with Gasteiger partial charge in [0.2, 0.25) is 0 Å². The van der Waals surface area contributed by atoms with E-state index < -0.39 is 0 Å². The van der Waals surface area contributed by atoms with Crippen molar-refractivity contribution in [3.05, 3.63) is 29.8 Å². The molecular weight excluding hydrogens is 318 g/mol. The Kier molecular flexibility index (Phi) is 8.38. The molecule has 0 atom stereocenters. The largest absolute Gasteiger partial charge is 0.494 e. The van der Waals surface area contributed by atoms with Gasteiger partial charge in [0, 0.05) is 33.2 Å². The van der Waals surface area contributed by atoms with E-state index in [1.807, 2.05) is 0 Å². The van der Waals surface area contributed by atoms with Crippen molar-refractivity contribution in [3.63, 3.8) is 0 Å². The highest BCUT2D eigenvalue weighted by Crippen LogP contribution is 2.45. The molecule has 5 heteroatoms. The fourth-order valence-electron chi connectivity index (χ4n) is 2.83. The van der Waals surface area contributed by atoms with Crippen LogP contribution in [0.3, 0.4) is 0 Å². The lowest BCUT2D eigenvalue weighted by Crippen LogP contribution is -2.28. The molecule has 25 heavy (non-hydrogen) atoms. The Morgan fingerprint density at radius 2 is 1.72 bits per heavy atom. The van der Waals surface area contributed by atoms with E-state index in [1.54, 1.807) is 0 Å². The second-order valence-electron chi connectivity index (χ2n) is 6.56. The fourth-order valence-corrected chi connectivity index (χ4v) is 2.83. The van der Waals surface area contributed by atoms with Gasteiger partial charge in [-0.2, -0.15) is 0 Å². The first kappa shape index (κ1) is 19.9. The first-order chi connectivity index (χ1) is 12.2. The second-order valence-corrected chi connectivity index (χ2v) is 6.56. The molecule has 1 aliphatic rings. The van der Waals surface area contributed by atoms with Crippen molar-refractivity contribution >= 4 is 5.78 Å². The standard InChI is InChI=1S/C20H31NO4.H2/c1-3-21-20(10-11-20)18-6-8-19(9-7-18)25-15-5-13-23-12-4-14-24-16-17(2)22;/h6-9,21H,3-5,10-16H2,1-2H3;1H. The molecule has 5 nitrogen and oxygen atoms in total. The van der Waals surface area contributed by atoms with Gasteiger partial charge in [-0.05, 0) is 50.4 Å². The van der Waals surface area contributed by atoms with Crippen molar-refractivity contribution in [2.45, 2.75) is 45.1 Å².